The molecule has 14 N–H and O–H groups in total. The van der Waals surface area contributed by atoms with Crippen molar-refractivity contribution in [2.24, 2.45) is 27.9 Å². The number of carbonyl (C=O) groups is 6. The second-order valence-electron chi connectivity index (χ2n) is 9.41. The summed E-state index contributed by atoms with van der Waals surface area (Å²) in [5.41, 5.74) is 22.6. The lowest BCUT2D eigenvalue weighted by Crippen LogP contribution is -2.57. The summed E-state index contributed by atoms with van der Waals surface area (Å²) in [5.74, 6) is -6.87. The number of rotatable bonds is 17. The Morgan fingerprint density at radius 1 is 0.857 bits per heavy atom. The third-order valence-corrected chi connectivity index (χ3v) is 6.06. The number of hydrogen-bond acceptors (Lipinski definition) is 8. The number of H-pyrrole nitrogens is 1. The minimum Gasteiger partial charge on any atom is -0.481 e. The van der Waals surface area contributed by atoms with Gasteiger partial charge in [-0.2, -0.15) is 0 Å². The van der Waals surface area contributed by atoms with Gasteiger partial charge in [0.1, 0.15) is 18.1 Å². The van der Waals surface area contributed by atoms with Crippen LogP contribution in [0.5, 0.6) is 0 Å². The molecule has 0 radical (unpaired) electrons. The van der Waals surface area contributed by atoms with Crippen molar-refractivity contribution in [1.29, 1.82) is 0 Å². The zero-order valence-corrected chi connectivity index (χ0v) is 22.5. The molecule has 4 amide bonds. The predicted molar refractivity (Wildman–Crippen MR) is 149 cm³/mol. The zero-order valence-electron chi connectivity index (χ0n) is 22.5. The maximum atomic E-state index is 13.3. The monoisotopic (exact) mass is 589 g/mol. The van der Waals surface area contributed by atoms with Crippen molar-refractivity contribution < 1.29 is 39.0 Å². The van der Waals surface area contributed by atoms with Crippen LogP contribution in [0.15, 0.2) is 35.5 Å². The van der Waals surface area contributed by atoms with Gasteiger partial charge in [0.2, 0.25) is 23.6 Å². The Labute approximate surface area is 239 Å². The van der Waals surface area contributed by atoms with Crippen LogP contribution >= 0.6 is 0 Å². The molecule has 0 saturated carbocycles. The van der Waals surface area contributed by atoms with E-state index in [4.69, 9.17) is 22.9 Å². The smallest absolute Gasteiger partial charge is 0.326 e. The number of aromatic amines is 1. The molecule has 0 aliphatic carbocycles. The standard InChI is InChI=1S/C25H35N9O8/c26-14(9-19(27)35)21(38)33-17(10-20(36)37)23(40)32-16(6-3-7-30-25(28)29)22(39)34-18(24(41)42)8-12-11-31-15-5-2-1-4-13(12)15/h1-2,4-5,11,14,16-18,31H,3,6-10,26H2,(H2,27,35)(H,32,40)(H,33,38)(H,34,39)(H,36,37)(H,41,42)(H4,28,29,30). The Hall–Kier alpha value is -5.19. The molecule has 0 aliphatic rings. The van der Waals surface area contributed by atoms with E-state index >= 15 is 0 Å². The highest BCUT2D eigenvalue weighted by atomic mass is 16.4. The number of nitrogens with zero attached hydrogens (tertiary/aromatic N) is 1. The van der Waals surface area contributed by atoms with Crippen molar-refractivity contribution >= 4 is 52.4 Å². The molecule has 4 atom stereocenters. The molecule has 1 aromatic heterocycles. The Kier molecular flexibility index (Phi) is 12.2. The van der Waals surface area contributed by atoms with Crippen LogP contribution < -0.4 is 38.9 Å². The average molecular weight is 590 g/mol. The van der Waals surface area contributed by atoms with Crippen LogP contribution in [0, 0.1) is 0 Å². The third kappa shape index (κ3) is 10.4. The van der Waals surface area contributed by atoms with Gasteiger partial charge in [0.05, 0.1) is 18.9 Å². The van der Waals surface area contributed by atoms with E-state index in [1.54, 1.807) is 24.4 Å². The molecule has 17 heteroatoms. The molecule has 2 aromatic rings. The van der Waals surface area contributed by atoms with Gasteiger partial charge in [0.25, 0.3) is 0 Å². The van der Waals surface area contributed by atoms with E-state index in [2.05, 4.69) is 25.9 Å². The lowest BCUT2D eigenvalue weighted by molar-refractivity contribution is -0.143. The van der Waals surface area contributed by atoms with Gasteiger partial charge in [-0.3, -0.25) is 29.0 Å². The number of aliphatic imine (C=N–C) groups is 1. The number of carboxylic acids is 2. The number of nitrogens with two attached hydrogens (primary N) is 4. The molecule has 4 unspecified atom stereocenters. The van der Waals surface area contributed by atoms with Crippen LogP contribution in [0.3, 0.4) is 0 Å². The summed E-state index contributed by atoms with van der Waals surface area (Å²) < 4.78 is 0. The lowest BCUT2D eigenvalue weighted by atomic mass is 10.0. The van der Waals surface area contributed by atoms with Crippen LogP contribution in [0.2, 0.25) is 0 Å². The summed E-state index contributed by atoms with van der Waals surface area (Å²) >= 11 is 0. The lowest BCUT2D eigenvalue weighted by Gasteiger charge is -2.24. The first-order chi connectivity index (χ1) is 19.8. The molecule has 42 heavy (non-hydrogen) atoms. The quantitative estimate of drug-likeness (QED) is 0.0503. The largest absolute Gasteiger partial charge is 0.481 e. The maximum Gasteiger partial charge on any atom is 0.326 e. The normalized spacial score (nSPS) is 13.6. The third-order valence-electron chi connectivity index (χ3n) is 6.06. The van der Waals surface area contributed by atoms with Crippen molar-refractivity contribution in [3.05, 3.63) is 36.0 Å². The molecular weight excluding hydrogens is 554 g/mol. The molecule has 17 nitrogen and oxygen atoms in total. The molecule has 0 saturated heterocycles. The molecule has 1 aromatic carbocycles. The molecule has 0 aliphatic heterocycles. The van der Waals surface area contributed by atoms with Crippen molar-refractivity contribution in [3.8, 4) is 0 Å². The number of aliphatic carboxylic acids is 2. The Morgan fingerprint density at radius 3 is 2.10 bits per heavy atom. The van der Waals surface area contributed by atoms with Gasteiger partial charge >= 0.3 is 11.9 Å². The first-order valence-electron chi connectivity index (χ1n) is 12.8. The fraction of sp³-hybridized carbons (Fsp3) is 0.400. The van der Waals surface area contributed by atoms with Crippen LogP contribution in [-0.4, -0.2) is 87.4 Å². The number of hydrogen-bond donors (Lipinski definition) is 10. The van der Waals surface area contributed by atoms with Crippen molar-refractivity contribution in [3.63, 3.8) is 0 Å². The van der Waals surface area contributed by atoms with E-state index in [-0.39, 0.29) is 31.8 Å². The van der Waals surface area contributed by atoms with Gasteiger partial charge in [-0.1, -0.05) is 18.2 Å². The fourth-order valence-electron chi connectivity index (χ4n) is 4.01. The summed E-state index contributed by atoms with van der Waals surface area (Å²) in [4.78, 5) is 80.0. The van der Waals surface area contributed by atoms with Gasteiger partial charge in [-0.25, -0.2) is 4.79 Å². The number of carbonyl (C=O) groups excluding carboxylic acids is 4. The molecular formula is C25H35N9O8. The zero-order chi connectivity index (χ0) is 31.4. The summed E-state index contributed by atoms with van der Waals surface area (Å²) in [7, 11) is 0. The number of fused-ring (bicyclic) bond motifs is 1. The van der Waals surface area contributed by atoms with Gasteiger partial charge < -0.3 is 54.1 Å². The minimum absolute atomic E-state index is 0.0664. The Bertz CT molecular complexity index is 1340. The number of nitrogens with one attached hydrogen (secondary N) is 4. The number of primary amides is 1. The molecule has 0 bridgehead atoms. The summed E-state index contributed by atoms with van der Waals surface area (Å²) in [6.07, 6.45) is 0.175. The number of aromatic nitrogens is 1. The highest BCUT2D eigenvalue weighted by molar-refractivity contribution is 5.96. The van der Waals surface area contributed by atoms with E-state index in [1.807, 2.05) is 6.07 Å². The molecule has 1 heterocycles. The average Bonchev–Trinajstić information content (AvgIpc) is 3.31. The van der Waals surface area contributed by atoms with Crippen molar-refractivity contribution in [2.75, 3.05) is 6.54 Å². The first kappa shape index (κ1) is 33.0. The molecule has 0 fully saturated rings. The van der Waals surface area contributed by atoms with E-state index in [1.165, 1.54) is 0 Å². The van der Waals surface area contributed by atoms with Gasteiger partial charge in [0.15, 0.2) is 5.96 Å². The summed E-state index contributed by atoms with van der Waals surface area (Å²) in [6.45, 7) is 0.0664. The van der Waals surface area contributed by atoms with E-state index < -0.39 is 72.6 Å². The molecule has 0 spiro atoms. The fourth-order valence-corrected chi connectivity index (χ4v) is 4.01. The van der Waals surface area contributed by atoms with Crippen LogP contribution in [-0.2, 0) is 35.2 Å². The van der Waals surface area contributed by atoms with Crippen molar-refractivity contribution in [2.45, 2.75) is 56.3 Å². The molecule has 2 rings (SSSR count). The second kappa shape index (κ2) is 15.6. The SMILES string of the molecule is NC(=O)CC(N)C(=O)NC(CC(=O)O)C(=O)NC(CCCN=C(N)N)C(=O)NC(Cc1c[nH]c2ccccc12)C(=O)O. The topological polar surface area (TPSA) is 311 Å². The number of para-hydroxylation sites is 1. The van der Waals surface area contributed by atoms with Gasteiger partial charge in [-0.05, 0) is 24.5 Å². The Balaban J connectivity index is 2.23. The number of benzene rings is 1. The predicted octanol–water partition coefficient (Wildman–Crippen LogP) is -3.02. The van der Waals surface area contributed by atoms with Gasteiger partial charge in [-0.15, -0.1) is 0 Å². The highest BCUT2D eigenvalue weighted by Crippen LogP contribution is 2.19. The Morgan fingerprint density at radius 2 is 1.48 bits per heavy atom. The second-order valence-corrected chi connectivity index (χ2v) is 9.41. The van der Waals surface area contributed by atoms with E-state index in [0.717, 1.165) is 10.9 Å². The summed E-state index contributed by atoms with van der Waals surface area (Å²) in [5, 5.41) is 26.7. The van der Waals surface area contributed by atoms with E-state index in [0.29, 0.717) is 5.56 Å². The van der Waals surface area contributed by atoms with Crippen LogP contribution in [0.25, 0.3) is 10.9 Å². The minimum atomic E-state index is -1.69. The van der Waals surface area contributed by atoms with Crippen LogP contribution in [0.1, 0.15) is 31.2 Å². The number of carboxylic acid groups (broad SMARTS) is 2. The van der Waals surface area contributed by atoms with E-state index in [9.17, 15) is 39.0 Å². The summed E-state index contributed by atoms with van der Waals surface area (Å²) in [6, 6.07) is 1.28. The first-order valence-corrected chi connectivity index (χ1v) is 12.8. The number of amides is 4. The van der Waals surface area contributed by atoms with Crippen LogP contribution in [0.4, 0.5) is 0 Å². The number of guanidine groups is 1. The van der Waals surface area contributed by atoms with Crippen molar-refractivity contribution in [1.82, 2.24) is 20.9 Å². The van der Waals surface area contributed by atoms with Gasteiger partial charge in [0, 0.05) is 30.1 Å². The highest BCUT2D eigenvalue weighted by Gasteiger charge is 2.32. The maximum absolute atomic E-state index is 13.3. The molecule has 228 valence electrons.